The fourth-order valence-electron chi connectivity index (χ4n) is 3.16. The van der Waals surface area contributed by atoms with Crippen LogP contribution in [-0.4, -0.2) is 72.8 Å². The van der Waals surface area contributed by atoms with Crippen LogP contribution < -0.4 is 5.73 Å². The normalized spacial score (nSPS) is 14.9. The monoisotopic (exact) mass is 396 g/mol. The smallest absolute Gasteiger partial charge is 0.261 e. The highest BCUT2D eigenvalue weighted by atomic mass is 16.2. The van der Waals surface area contributed by atoms with Gasteiger partial charge in [0.25, 0.3) is 17.7 Å². The van der Waals surface area contributed by atoms with Crippen LogP contribution in [0.4, 0.5) is 5.69 Å². The van der Waals surface area contributed by atoms with Crippen LogP contribution in [0.1, 0.15) is 27.6 Å². The maximum absolute atomic E-state index is 13.0. The van der Waals surface area contributed by atoms with E-state index in [-0.39, 0.29) is 24.3 Å². The van der Waals surface area contributed by atoms with Gasteiger partial charge in [-0.15, -0.1) is 5.11 Å². The van der Waals surface area contributed by atoms with E-state index in [0.29, 0.717) is 34.1 Å². The fraction of sp³-hybridized carbons (Fsp3) is 0.350. The quantitative estimate of drug-likeness (QED) is 0.455. The molecule has 2 N–H and O–H groups in total. The number of hydrogen-bond donors (Lipinski definition) is 1. The molecule has 1 atom stereocenters. The van der Waals surface area contributed by atoms with Crippen molar-refractivity contribution >= 4 is 34.2 Å². The minimum atomic E-state index is -0.697. The molecule has 1 heterocycles. The first-order valence-corrected chi connectivity index (χ1v) is 9.23. The SMILES string of the molecule is C[C@H](N)C(=O)N(C)N=Nc1cc2c3c(cccc3c1)C(=O)N(CCN(C)C)C2=O. The number of nitrogens with two attached hydrogens (primary N) is 1. The lowest BCUT2D eigenvalue weighted by Crippen LogP contribution is -2.43. The van der Waals surface area contributed by atoms with Crippen molar-refractivity contribution in [2.75, 3.05) is 34.2 Å². The molecule has 0 bridgehead atoms. The Labute approximate surface area is 168 Å². The molecular weight excluding hydrogens is 372 g/mol. The average Bonchev–Trinajstić information content (AvgIpc) is 2.68. The lowest BCUT2D eigenvalue weighted by molar-refractivity contribution is -0.131. The topological polar surface area (TPSA) is 112 Å². The zero-order valence-electron chi connectivity index (χ0n) is 16.9. The predicted molar refractivity (Wildman–Crippen MR) is 109 cm³/mol. The molecular formula is C20H24N6O3. The molecule has 3 rings (SSSR count). The van der Waals surface area contributed by atoms with E-state index in [9.17, 15) is 14.4 Å². The van der Waals surface area contributed by atoms with Crippen molar-refractivity contribution in [3.05, 3.63) is 41.5 Å². The first-order valence-electron chi connectivity index (χ1n) is 9.23. The fourth-order valence-corrected chi connectivity index (χ4v) is 3.16. The van der Waals surface area contributed by atoms with Crippen LogP contribution in [0.25, 0.3) is 10.8 Å². The predicted octanol–water partition coefficient (Wildman–Crippen LogP) is 1.80. The van der Waals surface area contributed by atoms with Crippen LogP contribution in [0.5, 0.6) is 0 Å². The van der Waals surface area contributed by atoms with Gasteiger partial charge in [-0.1, -0.05) is 17.4 Å². The van der Waals surface area contributed by atoms with E-state index in [0.717, 1.165) is 5.01 Å². The Hall–Kier alpha value is -3.17. The summed E-state index contributed by atoms with van der Waals surface area (Å²) < 4.78 is 0. The third kappa shape index (κ3) is 4.01. The lowest BCUT2D eigenvalue weighted by Gasteiger charge is -2.28. The summed E-state index contributed by atoms with van der Waals surface area (Å²) in [6, 6.07) is 7.93. The standard InChI is InChI=1S/C20H24N6O3/c1-12(21)18(27)25(4)23-22-14-10-13-6-5-7-15-17(13)16(11-14)20(29)26(19(15)28)9-8-24(2)3/h5-7,10-12H,8-9,21H2,1-4H3/t12-/m0/s1. The Kier molecular flexibility index (Phi) is 5.71. The third-order valence-electron chi connectivity index (χ3n) is 4.69. The van der Waals surface area contributed by atoms with Crippen molar-refractivity contribution in [1.29, 1.82) is 0 Å². The maximum Gasteiger partial charge on any atom is 0.261 e. The van der Waals surface area contributed by atoms with Gasteiger partial charge in [0, 0.05) is 31.1 Å². The molecule has 9 nitrogen and oxygen atoms in total. The van der Waals surface area contributed by atoms with Gasteiger partial charge in [0.1, 0.15) is 0 Å². The van der Waals surface area contributed by atoms with Gasteiger partial charge in [-0.3, -0.25) is 19.3 Å². The van der Waals surface area contributed by atoms with Gasteiger partial charge >= 0.3 is 0 Å². The minimum absolute atomic E-state index is 0.290. The van der Waals surface area contributed by atoms with Gasteiger partial charge in [0.05, 0.1) is 17.3 Å². The van der Waals surface area contributed by atoms with Gasteiger partial charge in [0.15, 0.2) is 0 Å². The summed E-state index contributed by atoms with van der Waals surface area (Å²) in [4.78, 5) is 40.9. The number of benzene rings is 2. The molecule has 0 aromatic heterocycles. The van der Waals surface area contributed by atoms with Gasteiger partial charge in [0.2, 0.25) is 0 Å². The van der Waals surface area contributed by atoms with Crippen molar-refractivity contribution in [1.82, 2.24) is 14.8 Å². The van der Waals surface area contributed by atoms with Crippen LogP contribution in [0, 0.1) is 0 Å². The molecule has 0 unspecified atom stereocenters. The van der Waals surface area contributed by atoms with Gasteiger partial charge in [-0.2, -0.15) is 0 Å². The van der Waals surface area contributed by atoms with Crippen molar-refractivity contribution in [2.45, 2.75) is 13.0 Å². The molecule has 0 spiro atoms. The first-order chi connectivity index (χ1) is 13.7. The number of carbonyl (C=O) groups is 3. The van der Waals surface area contributed by atoms with Crippen LogP contribution in [-0.2, 0) is 4.79 Å². The highest BCUT2D eigenvalue weighted by Gasteiger charge is 2.33. The molecule has 9 heteroatoms. The second-order valence-corrected chi connectivity index (χ2v) is 7.30. The van der Waals surface area contributed by atoms with Crippen molar-refractivity contribution in [2.24, 2.45) is 16.1 Å². The third-order valence-corrected chi connectivity index (χ3v) is 4.69. The summed E-state index contributed by atoms with van der Waals surface area (Å²) in [5.74, 6) is -1.04. The van der Waals surface area contributed by atoms with Gasteiger partial charge in [-0.05, 0) is 44.6 Å². The highest BCUT2D eigenvalue weighted by Crippen LogP contribution is 2.33. The summed E-state index contributed by atoms with van der Waals surface area (Å²) in [5.41, 5.74) is 6.86. The summed E-state index contributed by atoms with van der Waals surface area (Å²) in [6.45, 7) is 2.41. The molecule has 2 aromatic carbocycles. The highest BCUT2D eigenvalue weighted by molar-refractivity contribution is 6.25. The van der Waals surface area contributed by atoms with Crippen LogP contribution in [0.15, 0.2) is 40.7 Å². The molecule has 2 aromatic rings. The molecule has 152 valence electrons. The molecule has 1 aliphatic heterocycles. The average molecular weight is 396 g/mol. The first kappa shape index (κ1) is 20.6. The van der Waals surface area contributed by atoms with E-state index in [1.165, 1.54) is 11.9 Å². The van der Waals surface area contributed by atoms with E-state index in [2.05, 4.69) is 10.3 Å². The van der Waals surface area contributed by atoms with E-state index in [4.69, 9.17) is 5.73 Å². The molecule has 29 heavy (non-hydrogen) atoms. The zero-order valence-corrected chi connectivity index (χ0v) is 16.9. The number of nitrogens with zero attached hydrogens (tertiary/aromatic N) is 5. The Morgan fingerprint density at radius 3 is 2.48 bits per heavy atom. The van der Waals surface area contributed by atoms with Crippen molar-refractivity contribution < 1.29 is 14.4 Å². The van der Waals surface area contributed by atoms with Crippen molar-refractivity contribution in [3.8, 4) is 0 Å². The van der Waals surface area contributed by atoms with Crippen molar-refractivity contribution in [3.63, 3.8) is 0 Å². The van der Waals surface area contributed by atoms with E-state index >= 15 is 0 Å². The lowest BCUT2D eigenvalue weighted by atomic mass is 9.93. The molecule has 0 radical (unpaired) electrons. The Morgan fingerprint density at radius 1 is 1.14 bits per heavy atom. The number of hydrogen-bond acceptors (Lipinski definition) is 7. The second kappa shape index (κ2) is 8.06. The number of amides is 3. The summed E-state index contributed by atoms with van der Waals surface area (Å²) >= 11 is 0. The maximum atomic E-state index is 13.0. The molecule has 0 aliphatic carbocycles. The minimum Gasteiger partial charge on any atom is -0.320 e. The van der Waals surface area contributed by atoms with Gasteiger partial charge < -0.3 is 10.6 Å². The number of carbonyl (C=O) groups excluding carboxylic acids is 3. The Bertz CT molecular complexity index is 1010. The van der Waals surface area contributed by atoms with Crippen LogP contribution in [0.3, 0.4) is 0 Å². The molecule has 3 amide bonds. The summed E-state index contributed by atoms with van der Waals surface area (Å²) in [7, 11) is 5.23. The zero-order chi connectivity index (χ0) is 21.3. The Morgan fingerprint density at radius 2 is 1.83 bits per heavy atom. The largest absolute Gasteiger partial charge is 0.320 e. The second-order valence-electron chi connectivity index (χ2n) is 7.30. The van der Waals surface area contributed by atoms with Crippen LogP contribution >= 0.6 is 0 Å². The number of rotatable bonds is 6. The van der Waals surface area contributed by atoms with E-state index < -0.39 is 6.04 Å². The van der Waals surface area contributed by atoms with E-state index in [1.54, 1.807) is 31.2 Å². The molecule has 0 saturated heterocycles. The van der Waals surface area contributed by atoms with Gasteiger partial charge in [-0.25, -0.2) is 5.01 Å². The summed E-state index contributed by atoms with van der Waals surface area (Å²) in [5, 5.41) is 10.4. The Balaban J connectivity index is 2.02. The summed E-state index contributed by atoms with van der Waals surface area (Å²) in [6.07, 6.45) is 0. The molecule has 1 aliphatic rings. The van der Waals surface area contributed by atoms with E-state index in [1.807, 2.05) is 25.1 Å². The van der Waals surface area contributed by atoms with Crippen LogP contribution in [0.2, 0.25) is 0 Å². The molecule has 0 fully saturated rings. The molecule has 0 saturated carbocycles. The number of likely N-dealkylation sites (N-methyl/N-ethyl adjacent to an activating group) is 2. The number of imide groups is 1.